The zero-order chi connectivity index (χ0) is 17.5. The second-order valence-electron chi connectivity index (χ2n) is 6.01. The van der Waals surface area contributed by atoms with E-state index in [9.17, 15) is 18.3 Å². The van der Waals surface area contributed by atoms with E-state index >= 15 is 0 Å². The molecule has 0 aliphatic carbocycles. The average molecular weight is 364 g/mol. The predicted molar refractivity (Wildman–Crippen MR) is 78.3 cm³/mol. The van der Waals surface area contributed by atoms with Gasteiger partial charge in [-0.3, -0.25) is 4.18 Å². The molecule has 0 radical (unpaired) electrons. The summed E-state index contributed by atoms with van der Waals surface area (Å²) >= 11 is 0. The topological polar surface area (TPSA) is 118 Å². The van der Waals surface area contributed by atoms with Gasteiger partial charge in [-0.2, -0.15) is 8.42 Å². The van der Waals surface area contributed by atoms with Gasteiger partial charge < -0.3 is 24.1 Å². The molecule has 0 saturated carbocycles. The van der Waals surface area contributed by atoms with Crippen LogP contribution in [-0.2, 0) is 38.0 Å². The van der Waals surface area contributed by atoms with Crippen molar-refractivity contribution in [1.29, 1.82) is 0 Å². The van der Waals surface area contributed by atoms with E-state index in [1.807, 2.05) is 0 Å². The molecule has 0 spiro atoms. The quantitative estimate of drug-likeness (QED) is 0.192. The van der Waals surface area contributed by atoms with Crippen LogP contribution in [-0.4, -0.2) is 75.3 Å². The maximum absolute atomic E-state index is 11.8. The van der Waals surface area contributed by atoms with Crippen molar-refractivity contribution in [3.63, 3.8) is 0 Å². The summed E-state index contributed by atoms with van der Waals surface area (Å²) in [7, 11) is -3.59. The normalized spacial score (nSPS) is 36.7. The molecule has 24 heavy (non-hydrogen) atoms. The number of aliphatic hydroxyl groups excluding tert-OH is 1. The highest BCUT2D eigenvalue weighted by atomic mass is 32.2. The zero-order valence-corrected chi connectivity index (χ0v) is 13.9. The first kappa shape index (κ1) is 17.8. The van der Waals surface area contributed by atoms with Gasteiger partial charge in [-0.05, 0) is 13.3 Å². The first-order chi connectivity index (χ1) is 11.3. The molecule has 3 aliphatic rings. The van der Waals surface area contributed by atoms with Crippen molar-refractivity contribution in [2.75, 3.05) is 19.8 Å². The number of carbonyl (C=O) groups excluding carboxylic acids is 1. The van der Waals surface area contributed by atoms with E-state index in [0.29, 0.717) is 6.42 Å². The number of esters is 1. The molecule has 0 aromatic rings. The first-order valence-corrected chi connectivity index (χ1v) is 9.08. The fourth-order valence-corrected chi connectivity index (χ4v) is 4.75. The van der Waals surface area contributed by atoms with Gasteiger partial charge in [-0.1, -0.05) is 6.58 Å². The Balaban J connectivity index is 1.38. The third-order valence-electron chi connectivity index (χ3n) is 4.20. The van der Waals surface area contributed by atoms with Gasteiger partial charge in [0.25, 0.3) is 10.1 Å². The van der Waals surface area contributed by atoms with Crippen LogP contribution in [0.4, 0.5) is 0 Å². The van der Waals surface area contributed by atoms with E-state index < -0.39 is 45.9 Å². The summed E-state index contributed by atoms with van der Waals surface area (Å²) in [6.45, 7) is 4.77. The molecule has 1 N–H and O–H groups in total. The number of aliphatic hydroxyl groups is 1. The minimum Gasteiger partial charge on any atom is -0.460 e. The average Bonchev–Trinajstić information content (AvgIpc) is 3.11. The van der Waals surface area contributed by atoms with Crippen LogP contribution in [0, 0.1) is 0 Å². The molecule has 6 unspecified atom stereocenters. The van der Waals surface area contributed by atoms with Crippen molar-refractivity contribution in [1.82, 2.24) is 0 Å². The lowest BCUT2D eigenvalue weighted by atomic mass is 9.94. The van der Waals surface area contributed by atoms with Gasteiger partial charge in [0.1, 0.15) is 30.2 Å². The van der Waals surface area contributed by atoms with Crippen LogP contribution in [0.15, 0.2) is 12.2 Å². The molecule has 136 valence electrons. The van der Waals surface area contributed by atoms with E-state index in [1.165, 1.54) is 6.92 Å². The second kappa shape index (κ2) is 6.70. The third kappa shape index (κ3) is 3.35. The van der Waals surface area contributed by atoms with Crippen molar-refractivity contribution in [2.45, 2.75) is 49.3 Å². The monoisotopic (exact) mass is 364 g/mol. The first-order valence-electron chi connectivity index (χ1n) is 7.61. The van der Waals surface area contributed by atoms with Crippen LogP contribution in [0.3, 0.4) is 0 Å². The minimum atomic E-state index is -3.59. The van der Waals surface area contributed by atoms with Crippen molar-refractivity contribution in [3.8, 4) is 0 Å². The Morgan fingerprint density at radius 2 is 2.12 bits per heavy atom. The summed E-state index contributed by atoms with van der Waals surface area (Å²) in [6.07, 6.45) is -2.97. The van der Waals surface area contributed by atoms with Gasteiger partial charge >= 0.3 is 5.97 Å². The Hall–Kier alpha value is -1.04. The van der Waals surface area contributed by atoms with Crippen molar-refractivity contribution in [3.05, 3.63) is 12.2 Å². The molecule has 3 saturated heterocycles. The molecular formula is C14H20O9S. The fraction of sp³-hybridized carbons (Fsp3) is 0.786. The number of carbonyl (C=O) groups is 1. The van der Waals surface area contributed by atoms with Gasteiger partial charge in [-0.25, -0.2) is 4.79 Å². The SMILES string of the molecule is C=C(C)C(=O)OCCOC(O)COC1C2CC3C(O2)C1OS3(=O)=O. The summed E-state index contributed by atoms with van der Waals surface area (Å²) in [5, 5.41) is 9.11. The van der Waals surface area contributed by atoms with Crippen molar-refractivity contribution in [2.24, 2.45) is 0 Å². The Labute approximate surface area is 139 Å². The van der Waals surface area contributed by atoms with E-state index in [0.717, 1.165) is 0 Å². The lowest BCUT2D eigenvalue weighted by Crippen LogP contribution is -2.41. The minimum absolute atomic E-state index is 0.00680. The second-order valence-corrected chi connectivity index (χ2v) is 7.79. The zero-order valence-electron chi connectivity index (χ0n) is 13.1. The van der Waals surface area contributed by atoms with Gasteiger partial charge in [0.05, 0.1) is 19.3 Å². The summed E-state index contributed by atoms with van der Waals surface area (Å²) in [5.41, 5.74) is 0.278. The van der Waals surface area contributed by atoms with Crippen LogP contribution in [0.1, 0.15) is 13.3 Å². The number of hydrogen-bond acceptors (Lipinski definition) is 9. The summed E-state index contributed by atoms with van der Waals surface area (Å²) in [6, 6.07) is 0. The van der Waals surface area contributed by atoms with Gasteiger partial charge in [0.15, 0.2) is 6.29 Å². The van der Waals surface area contributed by atoms with Crippen LogP contribution in [0.25, 0.3) is 0 Å². The van der Waals surface area contributed by atoms with Crippen LogP contribution in [0.5, 0.6) is 0 Å². The van der Waals surface area contributed by atoms with Gasteiger partial charge in [0.2, 0.25) is 0 Å². The molecule has 6 atom stereocenters. The Morgan fingerprint density at radius 3 is 2.83 bits per heavy atom. The van der Waals surface area contributed by atoms with Gasteiger partial charge in [0, 0.05) is 5.57 Å². The highest BCUT2D eigenvalue weighted by molar-refractivity contribution is 7.87. The molecule has 9 nitrogen and oxygen atoms in total. The molecule has 10 heteroatoms. The smallest absolute Gasteiger partial charge is 0.333 e. The predicted octanol–water partition coefficient (Wildman–Crippen LogP) is -0.906. The van der Waals surface area contributed by atoms with E-state index in [1.54, 1.807) is 0 Å². The van der Waals surface area contributed by atoms with Crippen molar-refractivity contribution < 1.29 is 41.4 Å². The summed E-state index contributed by atoms with van der Waals surface area (Å²) < 4.78 is 49.5. The Bertz CT molecular complexity index is 616. The third-order valence-corrected chi connectivity index (χ3v) is 5.89. The molecule has 3 rings (SSSR count). The standard InChI is InChI=1S/C14H20O9S/c1-7(2)14(16)20-4-3-19-10(15)6-21-11-8-5-9-12(22-8)13(11)23-24(9,17)18/h8-13,15H,1,3-6H2,2H3. The molecule has 0 aromatic carbocycles. The largest absolute Gasteiger partial charge is 0.460 e. The lowest BCUT2D eigenvalue weighted by Gasteiger charge is -2.23. The van der Waals surface area contributed by atoms with Crippen LogP contribution < -0.4 is 0 Å². The molecule has 0 aromatic heterocycles. The molecule has 2 bridgehead atoms. The van der Waals surface area contributed by atoms with E-state index in [2.05, 4.69) is 6.58 Å². The molecule has 3 aliphatic heterocycles. The summed E-state index contributed by atoms with van der Waals surface area (Å²) in [5.74, 6) is -0.530. The number of rotatable bonds is 8. The Morgan fingerprint density at radius 1 is 1.38 bits per heavy atom. The maximum Gasteiger partial charge on any atom is 0.333 e. The van der Waals surface area contributed by atoms with Gasteiger partial charge in [-0.15, -0.1) is 0 Å². The fourth-order valence-electron chi connectivity index (χ4n) is 3.11. The number of hydrogen-bond donors (Lipinski definition) is 1. The lowest BCUT2D eigenvalue weighted by molar-refractivity contribution is -0.169. The highest BCUT2D eigenvalue weighted by Gasteiger charge is 2.66. The summed E-state index contributed by atoms with van der Waals surface area (Å²) in [4.78, 5) is 11.1. The van der Waals surface area contributed by atoms with E-state index in [4.69, 9.17) is 23.1 Å². The molecule has 0 amide bonds. The molecule has 3 heterocycles. The molecule has 3 fully saturated rings. The number of fused-ring (bicyclic) bond motifs is 1. The van der Waals surface area contributed by atoms with Crippen LogP contribution in [0.2, 0.25) is 0 Å². The highest BCUT2D eigenvalue weighted by Crippen LogP contribution is 2.47. The Kier molecular flexibility index (Phi) is 4.96. The maximum atomic E-state index is 11.8. The van der Waals surface area contributed by atoms with E-state index in [-0.39, 0.29) is 31.5 Å². The number of ether oxygens (including phenoxy) is 4. The molecular weight excluding hydrogens is 344 g/mol. The van der Waals surface area contributed by atoms with Crippen molar-refractivity contribution >= 4 is 16.1 Å². The van der Waals surface area contributed by atoms with Crippen LogP contribution >= 0.6 is 0 Å².